The van der Waals surface area contributed by atoms with Gasteiger partial charge in [-0.05, 0) is 56.3 Å². The summed E-state index contributed by atoms with van der Waals surface area (Å²) in [5.41, 5.74) is 3.63. The van der Waals surface area contributed by atoms with Gasteiger partial charge in [-0.25, -0.2) is 0 Å². The van der Waals surface area contributed by atoms with Crippen molar-refractivity contribution in [3.63, 3.8) is 0 Å². The Balaban J connectivity index is 1.88. The van der Waals surface area contributed by atoms with E-state index in [0.717, 1.165) is 34.2 Å². The molecule has 0 fully saturated rings. The molecule has 2 aromatic carbocycles. The minimum atomic E-state index is 0.131. The first kappa shape index (κ1) is 16.6. The van der Waals surface area contributed by atoms with Crippen LogP contribution in [0.2, 0.25) is 0 Å². The number of rotatable bonds is 5. The molecule has 0 bridgehead atoms. The van der Waals surface area contributed by atoms with Crippen molar-refractivity contribution in [1.29, 1.82) is 0 Å². The van der Waals surface area contributed by atoms with Crippen LogP contribution in [0.1, 0.15) is 19.4 Å². The lowest BCUT2D eigenvalue weighted by Gasteiger charge is -2.20. The van der Waals surface area contributed by atoms with Crippen LogP contribution in [0.3, 0.4) is 0 Å². The summed E-state index contributed by atoms with van der Waals surface area (Å²) in [5, 5.41) is 11.1. The molecule has 3 aromatic rings. The zero-order valence-electron chi connectivity index (χ0n) is 13.8. The predicted molar refractivity (Wildman–Crippen MR) is 105 cm³/mol. The van der Waals surface area contributed by atoms with Crippen molar-refractivity contribution >= 4 is 44.4 Å². The topological polar surface area (TPSA) is 51.6 Å². The molecule has 0 aliphatic heterocycles. The van der Waals surface area contributed by atoms with Gasteiger partial charge in [0.25, 0.3) is 0 Å². The molecule has 24 heavy (non-hydrogen) atoms. The number of halogens is 1. The molecule has 0 aliphatic carbocycles. The van der Waals surface area contributed by atoms with Gasteiger partial charge in [0.05, 0.1) is 11.3 Å². The van der Waals surface area contributed by atoms with E-state index >= 15 is 0 Å². The van der Waals surface area contributed by atoms with Gasteiger partial charge < -0.3 is 15.0 Å². The standard InChI is InChI=1S/C19H20BrN3O/c1-3-23(4-2)15-8-6-14(7-9-15)21-12-17-16-11-13(20)5-10-18(16)22-19(17)24/h5-12,22,24H,3-4H2,1-2H3. The molecule has 0 radical (unpaired) electrons. The van der Waals surface area contributed by atoms with Crippen molar-refractivity contribution in [2.24, 2.45) is 4.99 Å². The minimum absolute atomic E-state index is 0.131. The smallest absolute Gasteiger partial charge is 0.198 e. The van der Waals surface area contributed by atoms with Gasteiger partial charge in [-0.3, -0.25) is 4.99 Å². The molecule has 4 nitrogen and oxygen atoms in total. The second-order valence-corrected chi connectivity index (χ2v) is 6.44. The number of nitrogens with one attached hydrogen (secondary N) is 1. The number of aromatic nitrogens is 1. The van der Waals surface area contributed by atoms with Gasteiger partial charge in [0.2, 0.25) is 0 Å². The number of hydrogen-bond donors (Lipinski definition) is 2. The van der Waals surface area contributed by atoms with E-state index in [2.05, 4.69) is 56.8 Å². The lowest BCUT2D eigenvalue weighted by Crippen LogP contribution is -2.21. The largest absolute Gasteiger partial charge is 0.494 e. The number of H-pyrrole nitrogens is 1. The first-order valence-corrected chi connectivity index (χ1v) is 8.81. The van der Waals surface area contributed by atoms with Gasteiger partial charge in [-0.15, -0.1) is 0 Å². The molecule has 2 N–H and O–H groups in total. The molecule has 1 heterocycles. The van der Waals surface area contributed by atoms with Gasteiger partial charge in [-0.2, -0.15) is 0 Å². The first-order valence-electron chi connectivity index (χ1n) is 8.01. The number of fused-ring (bicyclic) bond motifs is 1. The lowest BCUT2D eigenvalue weighted by molar-refractivity contribution is 0.457. The Morgan fingerprint density at radius 3 is 2.50 bits per heavy atom. The SMILES string of the molecule is CCN(CC)c1ccc(N=Cc2c(O)[nH]c3ccc(Br)cc23)cc1. The van der Waals surface area contributed by atoms with Gasteiger partial charge in [0, 0.05) is 40.4 Å². The monoisotopic (exact) mass is 385 g/mol. The maximum absolute atomic E-state index is 10.1. The van der Waals surface area contributed by atoms with Gasteiger partial charge >= 0.3 is 0 Å². The quantitative estimate of drug-likeness (QED) is 0.590. The molecule has 0 spiro atoms. The number of anilines is 1. The molecule has 1 aromatic heterocycles. The number of nitrogens with zero attached hydrogens (tertiary/aromatic N) is 2. The maximum atomic E-state index is 10.1. The molecule has 5 heteroatoms. The number of hydrogen-bond acceptors (Lipinski definition) is 3. The fraction of sp³-hybridized carbons (Fsp3) is 0.211. The number of aromatic amines is 1. The summed E-state index contributed by atoms with van der Waals surface area (Å²) in [6.45, 7) is 6.26. The summed E-state index contributed by atoms with van der Waals surface area (Å²) < 4.78 is 0.965. The molecular weight excluding hydrogens is 366 g/mol. The van der Waals surface area contributed by atoms with Crippen LogP contribution in [-0.4, -0.2) is 29.4 Å². The van der Waals surface area contributed by atoms with Crippen LogP contribution in [0.25, 0.3) is 10.9 Å². The zero-order valence-corrected chi connectivity index (χ0v) is 15.3. The molecule has 124 valence electrons. The molecule has 0 saturated carbocycles. The van der Waals surface area contributed by atoms with E-state index in [1.165, 1.54) is 5.69 Å². The normalized spacial score (nSPS) is 11.5. The highest BCUT2D eigenvalue weighted by molar-refractivity contribution is 9.10. The van der Waals surface area contributed by atoms with E-state index in [4.69, 9.17) is 0 Å². The summed E-state index contributed by atoms with van der Waals surface area (Å²) in [6, 6.07) is 14.0. The van der Waals surface area contributed by atoms with Crippen LogP contribution in [0.5, 0.6) is 5.88 Å². The van der Waals surface area contributed by atoms with Crippen molar-refractivity contribution in [3.8, 4) is 5.88 Å². The lowest BCUT2D eigenvalue weighted by atomic mass is 10.2. The Hall–Kier alpha value is -2.27. The third kappa shape index (κ3) is 3.31. The summed E-state index contributed by atoms with van der Waals surface area (Å²) in [7, 11) is 0. The van der Waals surface area contributed by atoms with E-state index in [-0.39, 0.29) is 5.88 Å². The average molecular weight is 386 g/mol. The molecule has 0 atom stereocenters. The fourth-order valence-corrected chi connectivity index (χ4v) is 3.14. The van der Waals surface area contributed by atoms with E-state index in [9.17, 15) is 5.11 Å². The molecular formula is C19H20BrN3O. The second kappa shape index (κ2) is 7.09. The van der Waals surface area contributed by atoms with E-state index in [1.807, 2.05) is 30.3 Å². The second-order valence-electron chi connectivity index (χ2n) is 5.52. The molecule has 0 aliphatic rings. The van der Waals surface area contributed by atoms with Gasteiger partial charge in [0.1, 0.15) is 0 Å². The number of aliphatic imine (C=N–C) groups is 1. The van der Waals surface area contributed by atoms with Crippen LogP contribution in [0, 0.1) is 0 Å². The summed E-state index contributed by atoms with van der Waals surface area (Å²) >= 11 is 3.46. The first-order chi connectivity index (χ1) is 11.6. The predicted octanol–water partition coefficient (Wildman–Crippen LogP) is 5.23. The molecule has 3 rings (SSSR count). The van der Waals surface area contributed by atoms with Gasteiger partial charge in [-0.1, -0.05) is 15.9 Å². The van der Waals surface area contributed by atoms with Crippen LogP contribution < -0.4 is 4.90 Å². The van der Waals surface area contributed by atoms with Crippen LogP contribution in [0.4, 0.5) is 11.4 Å². The van der Waals surface area contributed by atoms with Crippen LogP contribution in [-0.2, 0) is 0 Å². The minimum Gasteiger partial charge on any atom is -0.494 e. The summed E-state index contributed by atoms with van der Waals surface area (Å²) in [4.78, 5) is 9.76. The van der Waals surface area contributed by atoms with Crippen LogP contribution >= 0.6 is 15.9 Å². The summed E-state index contributed by atoms with van der Waals surface area (Å²) in [6.07, 6.45) is 1.70. The summed E-state index contributed by atoms with van der Waals surface area (Å²) in [5.74, 6) is 0.131. The highest BCUT2D eigenvalue weighted by Crippen LogP contribution is 2.29. The van der Waals surface area contributed by atoms with Crippen molar-refractivity contribution in [1.82, 2.24) is 4.98 Å². The average Bonchev–Trinajstić information content (AvgIpc) is 2.90. The molecule has 0 saturated heterocycles. The van der Waals surface area contributed by atoms with Crippen molar-refractivity contribution in [2.75, 3.05) is 18.0 Å². The van der Waals surface area contributed by atoms with E-state index in [0.29, 0.717) is 5.56 Å². The highest BCUT2D eigenvalue weighted by atomic mass is 79.9. The van der Waals surface area contributed by atoms with E-state index < -0.39 is 0 Å². The Morgan fingerprint density at radius 1 is 1.12 bits per heavy atom. The third-order valence-electron chi connectivity index (χ3n) is 4.10. The highest BCUT2D eigenvalue weighted by Gasteiger charge is 2.09. The Morgan fingerprint density at radius 2 is 1.83 bits per heavy atom. The van der Waals surface area contributed by atoms with E-state index in [1.54, 1.807) is 6.21 Å². The maximum Gasteiger partial charge on any atom is 0.198 e. The Kier molecular flexibility index (Phi) is 4.90. The van der Waals surface area contributed by atoms with Crippen LogP contribution in [0.15, 0.2) is 51.9 Å². The Bertz CT molecular complexity index is 864. The van der Waals surface area contributed by atoms with Gasteiger partial charge in [0.15, 0.2) is 5.88 Å². The zero-order chi connectivity index (χ0) is 17.1. The molecule has 0 amide bonds. The Labute approximate surface area is 150 Å². The fourth-order valence-electron chi connectivity index (χ4n) is 2.78. The van der Waals surface area contributed by atoms with Crippen molar-refractivity contribution < 1.29 is 5.11 Å². The third-order valence-corrected chi connectivity index (χ3v) is 4.59. The number of benzene rings is 2. The number of aromatic hydroxyl groups is 1. The van der Waals surface area contributed by atoms with Crippen molar-refractivity contribution in [3.05, 3.63) is 52.5 Å². The molecule has 0 unspecified atom stereocenters. The van der Waals surface area contributed by atoms with Crippen molar-refractivity contribution in [2.45, 2.75) is 13.8 Å².